The maximum Gasteiger partial charge on any atom is 0.349 e. The molecule has 0 amide bonds. The van der Waals surface area contributed by atoms with Gasteiger partial charge in [-0.25, -0.2) is 4.79 Å². The molecule has 0 spiro atoms. The van der Waals surface area contributed by atoms with Crippen molar-refractivity contribution in [3.63, 3.8) is 0 Å². The molecule has 12 heavy (non-hydrogen) atoms. The summed E-state index contributed by atoms with van der Waals surface area (Å²) < 4.78 is 4.65. The van der Waals surface area contributed by atoms with Gasteiger partial charge in [0.15, 0.2) is 0 Å². The summed E-state index contributed by atoms with van der Waals surface area (Å²) >= 11 is 1.41. The summed E-state index contributed by atoms with van der Waals surface area (Å²) in [6.07, 6.45) is 0. The molecule has 0 fully saturated rings. The first kappa shape index (κ1) is 11.1. The number of thioether (sulfide) groups is 1. The number of hydrogen-bond donors (Lipinski definition) is 0. The zero-order valence-electron chi connectivity index (χ0n) is 7.16. The summed E-state index contributed by atoms with van der Waals surface area (Å²) in [6, 6.07) is 1.79. The molecular formula is C8H11NO2S. The van der Waals surface area contributed by atoms with Gasteiger partial charge in [0.2, 0.25) is 0 Å². The number of esters is 1. The van der Waals surface area contributed by atoms with Gasteiger partial charge in [-0.1, -0.05) is 6.92 Å². The lowest BCUT2D eigenvalue weighted by atomic mass is 10.3. The van der Waals surface area contributed by atoms with E-state index in [-0.39, 0.29) is 5.57 Å². The van der Waals surface area contributed by atoms with Crippen LogP contribution in [0.2, 0.25) is 0 Å². The number of nitriles is 1. The van der Waals surface area contributed by atoms with E-state index in [1.165, 1.54) is 17.2 Å². The number of hydrogen-bond acceptors (Lipinski definition) is 4. The molecule has 0 atom stereocenters. The van der Waals surface area contributed by atoms with Crippen molar-refractivity contribution in [3.8, 4) is 6.07 Å². The number of ether oxygens (including phenoxy) is 1. The Bertz CT molecular complexity index is 218. The zero-order valence-corrected chi connectivity index (χ0v) is 7.98. The summed E-state index contributed by atoms with van der Waals surface area (Å²) in [5.41, 5.74) is 0.0729. The summed E-state index contributed by atoms with van der Waals surface area (Å²) in [5.74, 6) is 0.297. The highest BCUT2D eigenvalue weighted by molar-refractivity contribution is 8.02. The van der Waals surface area contributed by atoms with E-state index in [1.54, 1.807) is 13.0 Å². The Hall–Kier alpha value is -0.950. The van der Waals surface area contributed by atoms with Crippen LogP contribution in [0.5, 0.6) is 0 Å². The van der Waals surface area contributed by atoms with Crippen molar-refractivity contribution < 1.29 is 9.53 Å². The fourth-order valence-electron chi connectivity index (χ4n) is 0.496. The average molecular weight is 185 g/mol. The second kappa shape index (κ2) is 6.74. The van der Waals surface area contributed by atoms with Crippen molar-refractivity contribution in [1.29, 1.82) is 5.26 Å². The van der Waals surface area contributed by atoms with Gasteiger partial charge in [-0.2, -0.15) is 5.26 Å². The van der Waals surface area contributed by atoms with Crippen LogP contribution in [0.25, 0.3) is 0 Å². The molecule has 0 aliphatic rings. The first-order chi connectivity index (χ1) is 5.76. The molecule has 0 radical (unpaired) electrons. The topological polar surface area (TPSA) is 50.1 Å². The Morgan fingerprint density at radius 1 is 1.67 bits per heavy atom. The smallest absolute Gasteiger partial charge is 0.349 e. The van der Waals surface area contributed by atoms with Gasteiger partial charge in [-0.3, -0.25) is 0 Å². The molecule has 0 bridgehead atoms. The van der Waals surface area contributed by atoms with Gasteiger partial charge in [0, 0.05) is 0 Å². The molecule has 66 valence electrons. The Balaban J connectivity index is 4.16. The molecule has 0 aliphatic carbocycles. The first-order valence-corrected chi connectivity index (χ1v) is 4.70. The van der Waals surface area contributed by atoms with Crippen LogP contribution >= 0.6 is 11.8 Å². The number of nitrogens with zero attached hydrogens (tertiary/aromatic N) is 1. The molecular weight excluding hydrogens is 174 g/mol. The van der Waals surface area contributed by atoms with Crippen molar-refractivity contribution >= 4 is 17.7 Å². The van der Waals surface area contributed by atoms with Crippen molar-refractivity contribution in [2.24, 2.45) is 0 Å². The van der Waals surface area contributed by atoms with E-state index >= 15 is 0 Å². The number of carbonyl (C=O) groups excluding carboxylic acids is 1. The highest BCUT2D eigenvalue weighted by Gasteiger charge is 2.08. The third-order valence-electron chi connectivity index (χ3n) is 0.984. The lowest BCUT2D eigenvalue weighted by Gasteiger charge is -1.97. The van der Waals surface area contributed by atoms with Crippen LogP contribution in [0.3, 0.4) is 0 Å². The average Bonchev–Trinajstić information content (AvgIpc) is 2.06. The molecule has 0 aromatic carbocycles. The molecule has 0 aliphatic heterocycles. The highest BCUT2D eigenvalue weighted by Crippen LogP contribution is 2.07. The molecule has 0 heterocycles. The van der Waals surface area contributed by atoms with Gasteiger partial charge in [-0.15, -0.1) is 11.8 Å². The van der Waals surface area contributed by atoms with Crippen LogP contribution in [-0.2, 0) is 9.53 Å². The van der Waals surface area contributed by atoms with E-state index in [9.17, 15) is 4.79 Å². The lowest BCUT2D eigenvalue weighted by molar-refractivity contribution is -0.137. The largest absolute Gasteiger partial charge is 0.462 e. The maximum absolute atomic E-state index is 11.0. The monoisotopic (exact) mass is 185 g/mol. The standard InChI is InChI=1S/C8H11NO2S/c1-3-11-8(10)7(5-9)6-12-4-2/h6H,3-4H2,1-2H3. The van der Waals surface area contributed by atoms with Crippen LogP contribution in [0.1, 0.15) is 13.8 Å². The quantitative estimate of drug-likeness (QED) is 0.380. The highest BCUT2D eigenvalue weighted by atomic mass is 32.2. The third-order valence-corrected chi connectivity index (χ3v) is 1.72. The van der Waals surface area contributed by atoms with E-state index < -0.39 is 5.97 Å². The molecule has 0 aromatic heterocycles. The summed E-state index contributed by atoms with van der Waals surface area (Å²) in [5, 5.41) is 10.0. The number of carbonyl (C=O) groups is 1. The van der Waals surface area contributed by atoms with Gasteiger partial charge in [0.1, 0.15) is 11.6 Å². The first-order valence-electron chi connectivity index (χ1n) is 3.65. The normalized spacial score (nSPS) is 10.6. The predicted octanol–water partition coefficient (Wildman–Crippen LogP) is 1.71. The Morgan fingerprint density at radius 2 is 2.33 bits per heavy atom. The second-order valence-corrected chi connectivity index (χ2v) is 2.97. The minimum Gasteiger partial charge on any atom is -0.462 e. The zero-order chi connectivity index (χ0) is 9.40. The molecule has 4 heteroatoms. The van der Waals surface area contributed by atoms with Gasteiger partial charge in [-0.05, 0) is 18.1 Å². The van der Waals surface area contributed by atoms with Gasteiger partial charge in [0.25, 0.3) is 0 Å². The van der Waals surface area contributed by atoms with Crippen molar-refractivity contribution in [2.45, 2.75) is 13.8 Å². The van der Waals surface area contributed by atoms with Crippen LogP contribution in [0, 0.1) is 11.3 Å². The predicted molar refractivity (Wildman–Crippen MR) is 48.5 cm³/mol. The van der Waals surface area contributed by atoms with Crippen molar-refractivity contribution in [2.75, 3.05) is 12.4 Å². The Kier molecular flexibility index (Phi) is 6.21. The minimum atomic E-state index is -0.541. The van der Waals surface area contributed by atoms with E-state index in [4.69, 9.17) is 5.26 Å². The summed E-state index contributed by atoms with van der Waals surface area (Å²) in [7, 11) is 0. The molecule has 0 N–H and O–H groups in total. The van der Waals surface area contributed by atoms with Crippen LogP contribution in [0.4, 0.5) is 0 Å². The number of rotatable bonds is 4. The summed E-state index contributed by atoms with van der Waals surface area (Å²) in [4.78, 5) is 11.0. The molecule has 0 aromatic rings. The molecule has 0 rings (SSSR count). The van der Waals surface area contributed by atoms with E-state index in [2.05, 4.69) is 4.74 Å². The van der Waals surface area contributed by atoms with E-state index in [0.717, 1.165) is 5.75 Å². The van der Waals surface area contributed by atoms with Crippen LogP contribution in [0.15, 0.2) is 11.0 Å². The van der Waals surface area contributed by atoms with Crippen LogP contribution in [-0.4, -0.2) is 18.3 Å². The van der Waals surface area contributed by atoms with Gasteiger partial charge in [0.05, 0.1) is 6.61 Å². The Labute approximate surface area is 76.4 Å². The minimum absolute atomic E-state index is 0.0729. The SMILES string of the molecule is CCOC(=O)C(C#N)=CSCC. The van der Waals surface area contributed by atoms with Gasteiger partial charge < -0.3 is 4.74 Å². The molecule has 0 unspecified atom stereocenters. The molecule has 3 nitrogen and oxygen atoms in total. The van der Waals surface area contributed by atoms with E-state index in [0.29, 0.717) is 6.61 Å². The van der Waals surface area contributed by atoms with Crippen LogP contribution < -0.4 is 0 Å². The van der Waals surface area contributed by atoms with E-state index in [1.807, 2.05) is 6.92 Å². The summed E-state index contributed by atoms with van der Waals surface area (Å²) in [6.45, 7) is 3.95. The fourth-order valence-corrected chi connectivity index (χ4v) is 0.978. The maximum atomic E-state index is 11.0. The lowest BCUT2D eigenvalue weighted by Crippen LogP contribution is -2.05. The molecule has 0 saturated carbocycles. The van der Waals surface area contributed by atoms with Crippen molar-refractivity contribution in [1.82, 2.24) is 0 Å². The van der Waals surface area contributed by atoms with Gasteiger partial charge >= 0.3 is 5.97 Å². The third kappa shape index (κ3) is 4.04. The fraction of sp³-hybridized carbons (Fsp3) is 0.500. The van der Waals surface area contributed by atoms with Crippen molar-refractivity contribution in [3.05, 3.63) is 11.0 Å². The Morgan fingerprint density at radius 3 is 2.75 bits per heavy atom. The second-order valence-electron chi connectivity index (χ2n) is 1.82. The molecule has 0 saturated heterocycles.